The largest absolute Gasteiger partial charge is 0.456 e. The summed E-state index contributed by atoms with van der Waals surface area (Å²) in [5.74, 6) is 0.399. The highest BCUT2D eigenvalue weighted by molar-refractivity contribution is 5.94. The van der Waals surface area contributed by atoms with Crippen molar-refractivity contribution in [2.75, 3.05) is 6.54 Å². The van der Waals surface area contributed by atoms with Gasteiger partial charge in [-0.3, -0.25) is 9.59 Å². The first-order valence-electron chi connectivity index (χ1n) is 8.01. The summed E-state index contributed by atoms with van der Waals surface area (Å²) in [5, 5.41) is 3.41. The Morgan fingerprint density at radius 2 is 1.83 bits per heavy atom. The van der Waals surface area contributed by atoms with Crippen LogP contribution in [0.25, 0.3) is 22.3 Å². The number of aryl methyl sites for hydroxylation is 1. The zero-order chi connectivity index (χ0) is 17.1. The van der Waals surface area contributed by atoms with Crippen LogP contribution in [0.5, 0.6) is 0 Å². The van der Waals surface area contributed by atoms with Crippen LogP contribution in [-0.4, -0.2) is 12.5 Å². The Morgan fingerprint density at radius 3 is 2.54 bits per heavy atom. The molecular formula is C20H19NO3. The molecule has 1 aromatic heterocycles. The van der Waals surface area contributed by atoms with Crippen molar-refractivity contribution in [2.24, 2.45) is 0 Å². The average molecular weight is 321 g/mol. The van der Waals surface area contributed by atoms with Gasteiger partial charge in [0, 0.05) is 23.7 Å². The molecule has 24 heavy (non-hydrogen) atoms. The Balaban J connectivity index is 1.94. The molecule has 0 aliphatic rings. The van der Waals surface area contributed by atoms with Crippen molar-refractivity contribution in [2.45, 2.75) is 20.3 Å². The number of rotatable bonds is 4. The van der Waals surface area contributed by atoms with Gasteiger partial charge in [-0.05, 0) is 37.6 Å². The van der Waals surface area contributed by atoms with E-state index in [-0.39, 0.29) is 11.3 Å². The van der Waals surface area contributed by atoms with Gasteiger partial charge >= 0.3 is 0 Å². The van der Waals surface area contributed by atoms with E-state index in [1.165, 1.54) is 6.07 Å². The smallest absolute Gasteiger partial charge is 0.251 e. The highest BCUT2D eigenvalue weighted by Gasteiger charge is 2.09. The molecule has 4 nitrogen and oxygen atoms in total. The summed E-state index contributed by atoms with van der Waals surface area (Å²) >= 11 is 0. The number of hydrogen-bond donors (Lipinski definition) is 1. The van der Waals surface area contributed by atoms with E-state index >= 15 is 0 Å². The van der Waals surface area contributed by atoms with E-state index in [2.05, 4.69) is 5.32 Å². The summed E-state index contributed by atoms with van der Waals surface area (Å²) in [5.41, 5.74) is 2.87. The van der Waals surface area contributed by atoms with Crippen LogP contribution >= 0.6 is 0 Å². The third kappa shape index (κ3) is 3.23. The third-order valence-corrected chi connectivity index (χ3v) is 3.85. The molecule has 1 amide bonds. The second-order valence-electron chi connectivity index (χ2n) is 5.81. The monoisotopic (exact) mass is 321 g/mol. The quantitative estimate of drug-likeness (QED) is 0.792. The summed E-state index contributed by atoms with van der Waals surface area (Å²) in [7, 11) is 0. The van der Waals surface area contributed by atoms with Crippen molar-refractivity contribution in [1.29, 1.82) is 0 Å². The molecule has 0 unspecified atom stereocenters. The maximum atomic E-state index is 12.3. The Kier molecular flexibility index (Phi) is 4.47. The minimum Gasteiger partial charge on any atom is -0.456 e. The molecule has 0 fully saturated rings. The first-order chi connectivity index (χ1) is 11.6. The van der Waals surface area contributed by atoms with Crippen LogP contribution in [0.1, 0.15) is 29.3 Å². The number of carbonyl (C=O) groups excluding carboxylic acids is 1. The highest BCUT2D eigenvalue weighted by atomic mass is 16.3. The average Bonchev–Trinajstić information content (AvgIpc) is 2.60. The number of nitrogens with one attached hydrogen (secondary N) is 1. The predicted molar refractivity (Wildman–Crippen MR) is 95.3 cm³/mol. The lowest BCUT2D eigenvalue weighted by molar-refractivity contribution is 0.0953. The molecule has 3 rings (SSSR count). The Bertz CT molecular complexity index is 939. The van der Waals surface area contributed by atoms with Crippen LogP contribution in [0, 0.1) is 6.92 Å². The maximum Gasteiger partial charge on any atom is 0.251 e. The Labute approximate surface area is 140 Å². The topological polar surface area (TPSA) is 59.3 Å². The zero-order valence-electron chi connectivity index (χ0n) is 13.8. The third-order valence-electron chi connectivity index (χ3n) is 3.85. The first-order valence-corrected chi connectivity index (χ1v) is 8.01. The number of hydrogen-bond acceptors (Lipinski definition) is 3. The van der Waals surface area contributed by atoms with Gasteiger partial charge in [0.25, 0.3) is 5.91 Å². The SMILES string of the molecule is CCCNC(=O)c1ccc(-c2cc(=O)c3cc(C)ccc3o2)cc1. The van der Waals surface area contributed by atoms with Crippen molar-refractivity contribution in [3.63, 3.8) is 0 Å². The standard InChI is InChI=1S/C20H19NO3/c1-3-10-21-20(23)15-7-5-14(6-8-15)19-12-17(22)16-11-13(2)4-9-18(16)24-19/h4-9,11-12H,3,10H2,1-2H3,(H,21,23). The fourth-order valence-corrected chi connectivity index (χ4v) is 2.54. The van der Waals surface area contributed by atoms with E-state index in [1.54, 1.807) is 24.3 Å². The fraction of sp³-hybridized carbons (Fsp3) is 0.200. The number of fused-ring (bicyclic) bond motifs is 1. The van der Waals surface area contributed by atoms with Gasteiger partial charge in [-0.1, -0.05) is 30.7 Å². The van der Waals surface area contributed by atoms with Gasteiger partial charge in [0.05, 0.1) is 5.39 Å². The molecule has 1 N–H and O–H groups in total. The van der Waals surface area contributed by atoms with Gasteiger partial charge in [-0.25, -0.2) is 0 Å². The van der Waals surface area contributed by atoms with Crippen molar-refractivity contribution in [3.8, 4) is 11.3 Å². The Morgan fingerprint density at radius 1 is 1.08 bits per heavy atom. The molecule has 2 aromatic carbocycles. The fourth-order valence-electron chi connectivity index (χ4n) is 2.54. The van der Waals surface area contributed by atoms with E-state index in [9.17, 15) is 9.59 Å². The van der Waals surface area contributed by atoms with E-state index in [0.29, 0.717) is 28.8 Å². The van der Waals surface area contributed by atoms with Crippen LogP contribution in [0.2, 0.25) is 0 Å². The normalized spacial score (nSPS) is 10.8. The maximum absolute atomic E-state index is 12.3. The predicted octanol–water partition coefficient (Wildman–Crippen LogP) is 3.91. The number of carbonyl (C=O) groups is 1. The van der Waals surface area contributed by atoms with E-state index in [0.717, 1.165) is 17.5 Å². The highest BCUT2D eigenvalue weighted by Crippen LogP contribution is 2.23. The van der Waals surface area contributed by atoms with Gasteiger partial charge in [0.2, 0.25) is 0 Å². The lowest BCUT2D eigenvalue weighted by Crippen LogP contribution is -2.23. The molecule has 122 valence electrons. The van der Waals surface area contributed by atoms with Crippen LogP contribution in [0.3, 0.4) is 0 Å². The van der Waals surface area contributed by atoms with Gasteiger partial charge < -0.3 is 9.73 Å². The minimum absolute atomic E-state index is 0.0697. The van der Waals surface area contributed by atoms with E-state index in [4.69, 9.17) is 4.42 Å². The molecule has 1 heterocycles. The van der Waals surface area contributed by atoms with E-state index in [1.807, 2.05) is 32.0 Å². The summed E-state index contributed by atoms with van der Waals surface area (Å²) in [6, 6.07) is 14.1. The van der Waals surface area contributed by atoms with Gasteiger partial charge in [-0.15, -0.1) is 0 Å². The summed E-state index contributed by atoms with van der Waals surface area (Å²) in [4.78, 5) is 24.2. The molecule has 4 heteroatoms. The number of benzene rings is 2. The molecular weight excluding hydrogens is 302 g/mol. The second kappa shape index (κ2) is 6.71. The summed E-state index contributed by atoms with van der Waals surface area (Å²) in [6.07, 6.45) is 0.894. The van der Waals surface area contributed by atoms with Crippen LogP contribution in [0.15, 0.2) is 57.7 Å². The van der Waals surface area contributed by atoms with Gasteiger partial charge in [0.15, 0.2) is 5.43 Å². The molecule has 0 bridgehead atoms. The van der Waals surface area contributed by atoms with Gasteiger partial charge in [-0.2, -0.15) is 0 Å². The van der Waals surface area contributed by atoms with Crippen molar-refractivity contribution < 1.29 is 9.21 Å². The van der Waals surface area contributed by atoms with Crippen molar-refractivity contribution >= 4 is 16.9 Å². The first kappa shape index (κ1) is 16.0. The van der Waals surface area contributed by atoms with Crippen LogP contribution in [0.4, 0.5) is 0 Å². The Hall–Kier alpha value is -2.88. The molecule has 0 saturated carbocycles. The lowest BCUT2D eigenvalue weighted by atomic mass is 10.1. The molecule has 0 radical (unpaired) electrons. The molecule has 0 spiro atoms. The summed E-state index contributed by atoms with van der Waals surface area (Å²) < 4.78 is 5.85. The minimum atomic E-state index is -0.0983. The van der Waals surface area contributed by atoms with Crippen molar-refractivity contribution in [1.82, 2.24) is 5.32 Å². The molecule has 0 aliphatic heterocycles. The molecule has 0 saturated heterocycles. The van der Waals surface area contributed by atoms with Gasteiger partial charge in [0.1, 0.15) is 11.3 Å². The van der Waals surface area contributed by atoms with E-state index < -0.39 is 0 Å². The van der Waals surface area contributed by atoms with Crippen LogP contribution in [-0.2, 0) is 0 Å². The summed E-state index contributed by atoms with van der Waals surface area (Å²) in [6.45, 7) is 4.60. The lowest BCUT2D eigenvalue weighted by Gasteiger charge is -2.06. The van der Waals surface area contributed by atoms with Crippen molar-refractivity contribution in [3.05, 3.63) is 69.9 Å². The molecule has 3 aromatic rings. The molecule has 0 atom stereocenters. The number of amides is 1. The molecule has 0 aliphatic carbocycles. The van der Waals surface area contributed by atoms with Crippen LogP contribution < -0.4 is 10.7 Å². The second-order valence-corrected chi connectivity index (χ2v) is 5.81. The zero-order valence-corrected chi connectivity index (χ0v) is 13.8.